The maximum atomic E-state index is 6.15. The molecule has 1 aliphatic carbocycles. The lowest BCUT2D eigenvalue weighted by molar-refractivity contribution is 0.0518. The highest BCUT2D eigenvalue weighted by Crippen LogP contribution is 2.40. The molecule has 1 aliphatic rings. The molecule has 2 N–H and O–H groups in total. The Labute approximate surface area is 108 Å². The summed E-state index contributed by atoms with van der Waals surface area (Å²) in [4.78, 5) is 2.70. The van der Waals surface area contributed by atoms with Crippen molar-refractivity contribution in [1.82, 2.24) is 4.90 Å². The molecular formula is C15H32N2. The summed E-state index contributed by atoms with van der Waals surface area (Å²) in [5.41, 5.74) is 6.46. The molecule has 0 radical (unpaired) electrons. The topological polar surface area (TPSA) is 29.3 Å². The molecule has 2 unspecified atom stereocenters. The molecule has 0 saturated heterocycles. The molecule has 0 heterocycles. The van der Waals surface area contributed by atoms with Crippen LogP contribution in [-0.4, -0.2) is 30.1 Å². The summed E-state index contributed by atoms with van der Waals surface area (Å²) in [6, 6.07) is 0. The fourth-order valence-corrected chi connectivity index (χ4v) is 3.62. The number of hydrogen-bond acceptors (Lipinski definition) is 2. The Morgan fingerprint density at radius 1 is 1.29 bits per heavy atom. The molecule has 0 aromatic rings. The molecule has 1 saturated carbocycles. The van der Waals surface area contributed by atoms with E-state index in [1.165, 1.54) is 38.6 Å². The van der Waals surface area contributed by atoms with Crippen LogP contribution in [0.5, 0.6) is 0 Å². The van der Waals surface area contributed by atoms with Crippen LogP contribution in [-0.2, 0) is 0 Å². The zero-order valence-electron chi connectivity index (χ0n) is 12.3. The van der Waals surface area contributed by atoms with Crippen molar-refractivity contribution in [3.63, 3.8) is 0 Å². The van der Waals surface area contributed by atoms with Crippen LogP contribution in [0.25, 0.3) is 0 Å². The second-order valence-electron chi connectivity index (χ2n) is 5.82. The van der Waals surface area contributed by atoms with Gasteiger partial charge in [0.1, 0.15) is 0 Å². The van der Waals surface area contributed by atoms with E-state index in [0.29, 0.717) is 5.54 Å². The third kappa shape index (κ3) is 3.03. The van der Waals surface area contributed by atoms with Crippen molar-refractivity contribution in [2.24, 2.45) is 17.6 Å². The van der Waals surface area contributed by atoms with Crippen molar-refractivity contribution in [3.8, 4) is 0 Å². The molecule has 0 amide bonds. The lowest BCUT2D eigenvalue weighted by Gasteiger charge is -2.45. The zero-order valence-corrected chi connectivity index (χ0v) is 12.3. The van der Waals surface area contributed by atoms with E-state index < -0.39 is 0 Å². The molecule has 2 heteroatoms. The fourth-order valence-electron chi connectivity index (χ4n) is 3.62. The molecule has 0 aromatic heterocycles. The Morgan fingerprint density at radius 2 is 1.94 bits per heavy atom. The second kappa shape index (κ2) is 6.75. The highest BCUT2D eigenvalue weighted by Gasteiger charge is 2.43. The summed E-state index contributed by atoms with van der Waals surface area (Å²) >= 11 is 0. The van der Waals surface area contributed by atoms with Gasteiger partial charge in [-0.3, -0.25) is 4.90 Å². The minimum Gasteiger partial charge on any atom is -0.329 e. The molecule has 0 spiro atoms. The first-order valence-corrected chi connectivity index (χ1v) is 7.59. The van der Waals surface area contributed by atoms with Crippen LogP contribution in [0.1, 0.15) is 59.8 Å². The van der Waals surface area contributed by atoms with Gasteiger partial charge in [-0.25, -0.2) is 0 Å². The van der Waals surface area contributed by atoms with Crippen LogP contribution in [0, 0.1) is 11.8 Å². The number of rotatable bonds is 7. The molecule has 0 aromatic carbocycles. The third-order valence-electron chi connectivity index (χ3n) is 5.16. The predicted molar refractivity (Wildman–Crippen MR) is 76.1 cm³/mol. The van der Waals surface area contributed by atoms with Gasteiger partial charge in [-0.15, -0.1) is 0 Å². The second-order valence-corrected chi connectivity index (χ2v) is 5.82. The van der Waals surface area contributed by atoms with Crippen molar-refractivity contribution < 1.29 is 0 Å². The highest BCUT2D eigenvalue weighted by atomic mass is 15.2. The maximum absolute atomic E-state index is 6.15. The lowest BCUT2D eigenvalue weighted by atomic mass is 9.85. The summed E-state index contributed by atoms with van der Waals surface area (Å²) in [6.45, 7) is 12.6. The van der Waals surface area contributed by atoms with Gasteiger partial charge in [0.05, 0.1) is 0 Å². The molecule has 17 heavy (non-hydrogen) atoms. The first kappa shape index (κ1) is 15.0. The standard InChI is InChI=1S/C15H32N2/c1-5-14(6-2)11-17(7-3)15(12-16)10-8-9-13(15)4/h13-14H,5-12,16H2,1-4H3. The maximum Gasteiger partial charge on any atom is 0.0357 e. The van der Waals surface area contributed by atoms with E-state index in [-0.39, 0.29) is 0 Å². The van der Waals surface area contributed by atoms with E-state index >= 15 is 0 Å². The van der Waals surface area contributed by atoms with E-state index in [2.05, 4.69) is 32.6 Å². The Balaban J connectivity index is 2.76. The first-order valence-electron chi connectivity index (χ1n) is 7.59. The van der Waals surface area contributed by atoms with Crippen molar-refractivity contribution in [3.05, 3.63) is 0 Å². The van der Waals surface area contributed by atoms with Crippen LogP contribution < -0.4 is 5.73 Å². The number of nitrogens with two attached hydrogens (primary N) is 1. The largest absolute Gasteiger partial charge is 0.329 e. The first-order chi connectivity index (χ1) is 8.14. The zero-order chi connectivity index (χ0) is 12.9. The summed E-state index contributed by atoms with van der Waals surface area (Å²) in [5, 5.41) is 0. The van der Waals surface area contributed by atoms with Gasteiger partial charge in [0.25, 0.3) is 0 Å². The predicted octanol–water partition coefficient (Wildman–Crippen LogP) is 3.26. The summed E-state index contributed by atoms with van der Waals surface area (Å²) in [7, 11) is 0. The molecule has 102 valence electrons. The van der Waals surface area contributed by atoms with Gasteiger partial charge >= 0.3 is 0 Å². The van der Waals surface area contributed by atoms with E-state index in [0.717, 1.165) is 24.9 Å². The van der Waals surface area contributed by atoms with Crippen LogP contribution in [0.2, 0.25) is 0 Å². The van der Waals surface area contributed by atoms with Crippen molar-refractivity contribution in [2.75, 3.05) is 19.6 Å². The molecule has 1 fully saturated rings. The van der Waals surface area contributed by atoms with Crippen molar-refractivity contribution in [2.45, 2.75) is 65.3 Å². The lowest BCUT2D eigenvalue weighted by Crippen LogP contribution is -2.56. The van der Waals surface area contributed by atoms with Crippen molar-refractivity contribution >= 4 is 0 Å². The third-order valence-corrected chi connectivity index (χ3v) is 5.16. The molecule has 0 aliphatic heterocycles. The van der Waals surface area contributed by atoms with Crippen molar-refractivity contribution in [1.29, 1.82) is 0 Å². The minimum atomic E-state index is 0.303. The van der Waals surface area contributed by atoms with Gasteiger partial charge < -0.3 is 5.73 Å². The summed E-state index contributed by atoms with van der Waals surface area (Å²) in [5.74, 6) is 1.60. The van der Waals surface area contributed by atoms with Gasteiger partial charge in [-0.2, -0.15) is 0 Å². The number of nitrogens with zero attached hydrogens (tertiary/aromatic N) is 1. The number of hydrogen-bond donors (Lipinski definition) is 1. The van der Waals surface area contributed by atoms with Crippen LogP contribution in [0.4, 0.5) is 0 Å². The van der Waals surface area contributed by atoms with E-state index in [4.69, 9.17) is 5.73 Å². The quantitative estimate of drug-likeness (QED) is 0.740. The van der Waals surface area contributed by atoms with Crippen LogP contribution in [0.15, 0.2) is 0 Å². The summed E-state index contributed by atoms with van der Waals surface area (Å²) in [6.07, 6.45) is 6.61. The monoisotopic (exact) mass is 240 g/mol. The summed E-state index contributed by atoms with van der Waals surface area (Å²) < 4.78 is 0. The molecular weight excluding hydrogens is 208 g/mol. The molecule has 0 bridgehead atoms. The normalized spacial score (nSPS) is 29.5. The average Bonchev–Trinajstić information content (AvgIpc) is 2.73. The molecule has 1 rings (SSSR count). The average molecular weight is 240 g/mol. The Bertz CT molecular complexity index is 213. The van der Waals surface area contributed by atoms with Gasteiger partial charge in [0, 0.05) is 18.6 Å². The van der Waals surface area contributed by atoms with E-state index in [1.54, 1.807) is 0 Å². The SMILES string of the molecule is CCC(CC)CN(CC)C1(CN)CCCC1C. The van der Waals surface area contributed by atoms with E-state index in [9.17, 15) is 0 Å². The van der Waals surface area contributed by atoms with Gasteiger partial charge in [0.2, 0.25) is 0 Å². The Hall–Kier alpha value is -0.0800. The minimum absolute atomic E-state index is 0.303. The Kier molecular flexibility index (Phi) is 5.94. The Morgan fingerprint density at radius 3 is 2.29 bits per heavy atom. The highest BCUT2D eigenvalue weighted by molar-refractivity contribution is 5.00. The van der Waals surface area contributed by atoms with E-state index in [1.807, 2.05) is 0 Å². The number of likely N-dealkylation sites (N-methyl/N-ethyl adjacent to an activating group) is 1. The fraction of sp³-hybridized carbons (Fsp3) is 1.00. The van der Waals surface area contributed by atoms with Gasteiger partial charge in [0.15, 0.2) is 0 Å². The molecule has 2 nitrogen and oxygen atoms in total. The van der Waals surface area contributed by atoms with Gasteiger partial charge in [-0.1, -0.05) is 47.0 Å². The molecule has 2 atom stereocenters. The smallest absolute Gasteiger partial charge is 0.0357 e. The van der Waals surface area contributed by atoms with Gasteiger partial charge in [-0.05, 0) is 31.2 Å². The van der Waals surface area contributed by atoms with Crippen LogP contribution in [0.3, 0.4) is 0 Å². The van der Waals surface area contributed by atoms with Crippen LogP contribution >= 0.6 is 0 Å².